The fourth-order valence-corrected chi connectivity index (χ4v) is 2.98. The van der Waals surface area contributed by atoms with E-state index in [0.29, 0.717) is 11.7 Å². The molecule has 0 spiro atoms. The summed E-state index contributed by atoms with van der Waals surface area (Å²) in [5.74, 6) is 1.97. The number of rotatable bonds is 2. The molecule has 0 amide bonds. The molecule has 17 heavy (non-hydrogen) atoms. The number of nitrogens with zero attached hydrogens (tertiary/aromatic N) is 2. The van der Waals surface area contributed by atoms with E-state index in [2.05, 4.69) is 34.5 Å². The van der Waals surface area contributed by atoms with Gasteiger partial charge in [0, 0.05) is 12.5 Å². The second kappa shape index (κ2) is 4.05. The molecule has 1 aromatic rings. The van der Waals surface area contributed by atoms with Gasteiger partial charge in [-0.05, 0) is 55.2 Å². The van der Waals surface area contributed by atoms with Crippen LogP contribution in [0.15, 0.2) is 0 Å². The highest BCUT2D eigenvalue weighted by molar-refractivity contribution is 14.1. The summed E-state index contributed by atoms with van der Waals surface area (Å²) < 4.78 is 6.82. The van der Waals surface area contributed by atoms with Crippen molar-refractivity contribution in [2.45, 2.75) is 44.1 Å². The fraction of sp³-hybridized carbons (Fsp3) is 0.667. The van der Waals surface area contributed by atoms with E-state index in [1.807, 2.05) is 0 Å². The molecule has 1 aliphatic carbocycles. The molecule has 0 aromatic carbocycles. The van der Waals surface area contributed by atoms with Gasteiger partial charge in [0.15, 0.2) is 5.82 Å². The molecule has 5 heteroatoms. The van der Waals surface area contributed by atoms with Gasteiger partial charge in [0.25, 0.3) is 0 Å². The molecular formula is C12H16IN3O. The zero-order valence-corrected chi connectivity index (χ0v) is 12.0. The molecule has 2 fully saturated rings. The largest absolute Gasteiger partial charge is 0.383 e. The van der Waals surface area contributed by atoms with Gasteiger partial charge in [-0.15, -0.1) is 0 Å². The van der Waals surface area contributed by atoms with E-state index in [1.54, 1.807) is 0 Å². The van der Waals surface area contributed by atoms with E-state index in [-0.39, 0.29) is 5.60 Å². The third-order valence-corrected chi connectivity index (χ3v) is 4.66. The maximum atomic E-state index is 6.00. The average molecular weight is 345 g/mol. The zero-order valence-electron chi connectivity index (χ0n) is 9.87. The Balaban J connectivity index is 2.05. The SMILES string of the molecule is CC1(c2nc(N)c(I)c(C3CC3)n2)CCCO1. The van der Waals surface area contributed by atoms with Crippen molar-refractivity contribution < 1.29 is 4.74 Å². The highest BCUT2D eigenvalue weighted by Crippen LogP contribution is 2.43. The standard InChI is InChI=1S/C12H16IN3O/c1-12(5-2-6-17-12)11-15-9(7-3-4-7)8(13)10(14)16-11/h7H,2-6H2,1H3,(H2,14,15,16). The highest BCUT2D eigenvalue weighted by Gasteiger charge is 2.37. The Morgan fingerprint density at radius 2 is 2.18 bits per heavy atom. The van der Waals surface area contributed by atoms with Crippen molar-refractivity contribution >= 4 is 28.4 Å². The summed E-state index contributed by atoms with van der Waals surface area (Å²) in [6.07, 6.45) is 4.51. The Labute approximate surface area is 114 Å². The van der Waals surface area contributed by atoms with Crippen molar-refractivity contribution in [1.82, 2.24) is 9.97 Å². The summed E-state index contributed by atoms with van der Waals surface area (Å²) in [6, 6.07) is 0. The lowest BCUT2D eigenvalue weighted by atomic mass is 10.0. The second-order valence-electron chi connectivity index (χ2n) is 5.09. The van der Waals surface area contributed by atoms with Crippen LogP contribution < -0.4 is 5.73 Å². The summed E-state index contributed by atoms with van der Waals surface area (Å²) in [6.45, 7) is 2.86. The number of aromatic nitrogens is 2. The Morgan fingerprint density at radius 1 is 1.41 bits per heavy atom. The van der Waals surface area contributed by atoms with Gasteiger partial charge < -0.3 is 10.5 Å². The fourth-order valence-electron chi connectivity index (χ4n) is 2.30. The van der Waals surface area contributed by atoms with Gasteiger partial charge in [0.2, 0.25) is 0 Å². The number of halogens is 1. The van der Waals surface area contributed by atoms with Crippen molar-refractivity contribution in [3.8, 4) is 0 Å². The smallest absolute Gasteiger partial charge is 0.162 e. The van der Waals surface area contributed by atoms with Gasteiger partial charge in [-0.2, -0.15) is 0 Å². The van der Waals surface area contributed by atoms with E-state index in [4.69, 9.17) is 15.5 Å². The first-order valence-electron chi connectivity index (χ1n) is 6.07. The van der Waals surface area contributed by atoms with Crippen LogP contribution in [0, 0.1) is 3.57 Å². The molecule has 0 radical (unpaired) electrons. The van der Waals surface area contributed by atoms with Gasteiger partial charge in [-0.25, -0.2) is 9.97 Å². The van der Waals surface area contributed by atoms with Crippen LogP contribution in [0.25, 0.3) is 0 Å². The van der Waals surface area contributed by atoms with E-state index in [1.165, 1.54) is 12.8 Å². The molecule has 2 aliphatic rings. The maximum absolute atomic E-state index is 6.00. The number of ether oxygens (including phenoxy) is 1. The van der Waals surface area contributed by atoms with Crippen LogP contribution >= 0.6 is 22.6 Å². The molecule has 2 heterocycles. The summed E-state index contributed by atoms with van der Waals surface area (Å²) >= 11 is 2.25. The molecule has 1 aromatic heterocycles. The normalized spacial score (nSPS) is 28.6. The molecule has 1 saturated heterocycles. The van der Waals surface area contributed by atoms with Crippen molar-refractivity contribution in [2.24, 2.45) is 0 Å². The first kappa shape index (κ1) is 11.6. The van der Waals surface area contributed by atoms with Crippen LogP contribution in [-0.2, 0) is 10.3 Å². The molecule has 0 bridgehead atoms. The molecular weight excluding hydrogens is 329 g/mol. The van der Waals surface area contributed by atoms with Crippen LogP contribution in [0.5, 0.6) is 0 Å². The molecule has 3 rings (SSSR count). The number of nitrogens with two attached hydrogens (primary N) is 1. The van der Waals surface area contributed by atoms with Gasteiger partial charge in [0.05, 0.1) is 9.26 Å². The minimum Gasteiger partial charge on any atom is -0.383 e. The zero-order chi connectivity index (χ0) is 12.0. The topological polar surface area (TPSA) is 61.0 Å². The van der Waals surface area contributed by atoms with E-state index >= 15 is 0 Å². The van der Waals surface area contributed by atoms with Crippen LogP contribution in [-0.4, -0.2) is 16.6 Å². The lowest BCUT2D eigenvalue weighted by Crippen LogP contribution is -2.25. The molecule has 92 valence electrons. The predicted octanol–water partition coefficient (Wildman–Crippen LogP) is 2.57. The monoisotopic (exact) mass is 345 g/mol. The van der Waals surface area contributed by atoms with E-state index < -0.39 is 0 Å². The molecule has 4 nitrogen and oxygen atoms in total. The van der Waals surface area contributed by atoms with E-state index in [9.17, 15) is 0 Å². The molecule has 1 unspecified atom stereocenters. The van der Waals surface area contributed by atoms with Crippen molar-refractivity contribution in [3.63, 3.8) is 0 Å². The number of hydrogen-bond donors (Lipinski definition) is 1. The van der Waals surface area contributed by atoms with Crippen LogP contribution in [0.2, 0.25) is 0 Å². The maximum Gasteiger partial charge on any atom is 0.162 e. The molecule has 1 atom stereocenters. The number of nitrogen functional groups attached to an aromatic ring is 1. The Kier molecular flexibility index (Phi) is 2.77. The minimum absolute atomic E-state index is 0.331. The van der Waals surface area contributed by atoms with Crippen LogP contribution in [0.4, 0.5) is 5.82 Å². The third-order valence-electron chi connectivity index (χ3n) is 3.56. The molecule has 1 aliphatic heterocycles. The Bertz CT molecular complexity index is 453. The van der Waals surface area contributed by atoms with Crippen molar-refractivity contribution in [3.05, 3.63) is 15.1 Å². The van der Waals surface area contributed by atoms with E-state index in [0.717, 1.165) is 34.5 Å². The summed E-state index contributed by atoms with van der Waals surface area (Å²) in [4.78, 5) is 9.16. The number of hydrogen-bond acceptors (Lipinski definition) is 4. The second-order valence-corrected chi connectivity index (χ2v) is 6.17. The summed E-state index contributed by atoms with van der Waals surface area (Å²) in [5.41, 5.74) is 6.80. The van der Waals surface area contributed by atoms with Crippen LogP contribution in [0.3, 0.4) is 0 Å². The Hall–Kier alpha value is -0.430. The quantitative estimate of drug-likeness (QED) is 0.837. The average Bonchev–Trinajstić information content (AvgIpc) is 3.05. The molecule has 2 N–H and O–H groups in total. The first-order valence-corrected chi connectivity index (χ1v) is 7.15. The van der Waals surface area contributed by atoms with Crippen molar-refractivity contribution in [1.29, 1.82) is 0 Å². The Morgan fingerprint density at radius 3 is 2.76 bits per heavy atom. The van der Waals surface area contributed by atoms with Gasteiger partial charge in [-0.3, -0.25) is 0 Å². The predicted molar refractivity (Wildman–Crippen MR) is 73.7 cm³/mol. The third kappa shape index (κ3) is 2.03. The number of anilines is 1. The van der Waals surface area contributed by atoms with Gasteiger partial charge in [0.1, 0.15) is 11.4 Å². The lowest BCUT2D eigenvalue weighted by molar-refractivity contribution is 0.00924. The first-order chi connectivity index (χ1) is 8.10. The van der Waals surface area contributed by atoms with Crippen LogP contribution in [0.1, 0.15) is 50.0 Å². The van der Waals surface area contributed by atoms with Gasteiger partial charge in [-0.1, -0.05) is 0 Å². The summed E-state index contributed by atoms with van der Waals surface area (Å²) in [5, 5.41) is 0. The van der Waals surface area contributed by atoms with Crippen molar-refractivity contribution in [2.75, 3.05) is 12.3 Å². The minimum atomic E-state index is -0.331. The van der Waals surface area contributed by atoms with Gasteiger partial charge >= 0.3 is 0 Å². The summed E-state index contributed by atoms with van der Waals surface area (Å²) in [7, 11) is 0. The lowest BCUT2D eigenvalue weighted by Gasteiger charge is -2.22. The highest BCUT2D eigenvalue weighted by atomic mass is 127. The molecule has 1 saturated carbocycles.